The highest BCUT2D eigenvalue weighted by Gasteiger charge is 2.35. The van der Waals surface area contributed by atoms with Crippen molar-refractivity contribution >= 4 is 17.7 Å². The normalized spacial score (nSPS) is 16.9. The Labute approximate surface area is 146 Å². The minimum Gasteiger partial charge on any atom is -0.385 e. The van der Waals surface area contributed by atoms with Gasteiger partial charge in [0, 0.05) is 25.5 Å². The first-order valence-electron chi connectivity index (χ1n) is 7.97. The van der Waals surface area contributed by atoms with Gasteiger partial charge in [0.1, 0.15) is 0 Å². The zero-order valence-corrected chi connectivity index (χ0v) is 14.7. The lowest BCUT2D eigenvalue weighted by Crippen LogP contribution is -2.45. The number of benzene rings is 1. The van der Waals surface area contributed by atoms with Crippen molar-refractivity contribution in [3.63, 3.8) is 0 Å². The zero-order valence-electron chi connectivity index (χ0n) is 13.9. The van der Waals surface area contributed by atoms with E-state index in [2.05, 4.69) is 9.97 Å². The highest BCUT2D eigenvalue weighted by Crippen LogP contribution is 2.33. The number of nitrogens with zero attached hydrogens (tertiary/aromatic N) is 3. The quantitative estimate of drug-likeness (QED) is 0.685. The second-order valence-electron chi connectivity index (χ2n) is 6.15. The molecule has 0 radical (unpaired) electrons. The number of carbonyl (C=O) groups is 1. The van der Waals surface area contributed by atoms with Crippen molar-refractivity contribution in [3.05, 3.63) is 53.3 Å². The molecule has 0 atom stereocenters. The van der Waals surface area contributed by atoms with E-state index < -0.39 is 5.60 Å². The molecule has 3 rings (SSSR count). The number of aliphatic hydroxyl groups is 1. The van der Waals surface area contributed by atoms with Gasteiger partial charge in [0.15, 0.2) is 5.16 Å². The van der Waals surface area contributed by atoms with Gasteiger partial charge in [-0.2, -0.15) is 0 Å². The lowest BCUT2D eigenvalue weighted by atomic mass is 9.84. The van der Waals surface area contributed by atoms with Crippen LogP contribution in [-0.4, -0.2) is 45.2 Å². The first kappa shape index (κ1) is 16.9. The summed E-state index contributed by atoms with van der Waals surface area (Å²) in [5.74, 6) is -0.0751. The highest BCUT2D eigenvalue weighted by molar-refractivity contribution is 7.98. The monoisotopic (exact) mass is 343 g/mol. The summed E-state index contributed by atoms with van der Waals surface area (Å²) in [5, 5.41) is 11.6. The minimum absolute atomic E-state index is 0.0751. The number of hydrogen-bond acceptors (Lipinski definition) is 5. The third kappa shape index (κ3) is 3.44. The summed E-state index contributed by atoms with van der Waals surface area (Å²) in [4.78, 5) is 22.6. The van der Waals surface area contributed by atoms with E-state index in [-0.39, 0.29) is 5.91 Å². The number of piperidine rings is 1. The van der Waals surface area contributed by atoms with Gasteiger partial charge in [0.25, 0.3) is 5.91 Å². The number of carbonyl (C=O) groups excluding carboxylic acids is 1. The summed E-state index contributed by atoms with van der Waals surface area (Å²) in [7, 11) is 0. The van der Waals surface area contributed by atoms with Crippen molar-refractivity contribution in [2.75, 3.05) is 19.3 Å². The predicted molar refractivity (Wildman–Crippen MR) is 94.0 cm³/mol. The minimum atomic E-state index is -0.859. The molecule has 5 nitrogen and oxygen atoms in total. The van der Waals surface area contributed by atoms with Gasteiger partial charge < -0.3 is 10.0 Å². The van der Waals surface area contributed by atoms with Crippen LogP contribution in [0.4, 0.5) is 0 Å². The van der Waals surface area contributed by atoms with E-state index in [1.54, 1.807) is 17.3 Å². The maximum absolute atomic E-state index is 12.6. The fraction of sp³-hybridized carbons (Fsp3) is 0.389. The molecule has 0 unspecified atom stereocenters. The number of hydrogen-bond donors (Lipinski definition) is 1. The second kappa shape index (κ2) is 6.91. The Morgan fingerprint density at radius 1 is 1.25 bits per heavy atom. The van der Waals surface area contributed by atoms with Crippen molar-refractivity contribution in [1.29, 1.82) is 0 Å². The zero-order chi connectivity index (χ0) is 17.2. The van der Waals surface area contributed by atoms with Crippen molar-refractivity contribution in [3.8, 4) is 0 Å². The summed E-state index contributed by atoms with van der Waals surface area (Å²) in [6, 6.07) is 7.96. The molecule has 1 saturated heterocycles. The summed E-state index contributed by atoms with van der Waals surface area (Å²) >= 11 is 1.44. The first-order chi connectivity index (χ1) is 11.5. The van der Waals surface area contributed by atoms with Gasteiger partial charge in [0.05, 0.1) is 11.2 Å². The molecule has 1 aliphatic heterocycles. The van der Waals surface area contributed by atoms with Crippen LogP contribution in [0, 0.1) is 6.92 Å². The van der Waals surface area contributed by atoms with Gasteiger partial charge in [-0.05, 0) is 31.6 Å². The van der Waals surface area contributed by atoms with Crippen LogP contribution in [-0.2, 0) is 5.60 Å². The van der Waals surface area contributed by atoms with Crippen molar-refractivity contribution in [2.45, 2.75) is 30.5 Å². The number of rotatable bonds is 3. The molecule has 1 aromatic heterocycles. The number of likely N-dealkylation sites (tertiary alicyclic amines) is 1. The fourth-order valence-corrected chi connectivity index (χ4v) is 3.33. The lowest BCUT2D eigenvalue weighted by Gasteiger charge is -2.38. The van der Waals surface area contributed by atoms with Gasteiger partial charge in [-0.1, -0.05) is 41.6 Å². The van der Waals surface area contributed by atoms with Crippen LogP contribution >= 0.6 is 11.8 Å². The molecule has 2 heterocycles. The standard InChI is InChI=1S/C18H21N3O2S/c1-13-4-3-5-15(10-13)18(23)6-8-21(9-7-18)16(22)14-11-19-17(24-2)20-12-14/h3-5,10-12,23H,6-9H2,1-2H3. The van der Waals surface area contributed by atoms with Crippen LogP contribution in [0.1, 0.15) is 34.3 Å². The Morgan fingerprint density at radius 2 is 1.92 bits per heavy atom. The molecular weight excluding hydrogens is 322 g/mol. The SMILES string of the molecule is CSc1ncc(C(=O)N2CCC(O)(c3cccc(C)c3)CC2)cn1. The molecule has 0 saturated carbocycles. The van der Waals surface area contributed by atoms with E-state index in [9.17, 15) is 9.90 Å². The summed E-state index contributed by atoms with van der Waals surface area (Å²) in [6.07, 6.45) is 6.11. The molecule has 0 spiro atoms. The Bertz CT molecular complexity index is 725. The van der Waals surface area contributed by atoms with Gasteiger partial charge in [0.2, 0.25) is 0 Å². The molecule has 2 aromatic rings. The maximum atomic E-state index is 12.6. The summed E-state index contributed by atoms with van der Waals surface area (Å²) in [5.41, 5.74) is 1.70. The average Bonchev–Trinajstić information content (AvgIpc) is 2.62. The Morgan fingerprint density at radius 3 is 2.50 bits per heavy atom. The fourth-order valence-electron chi connectivity index (χ4n) is 3.02. The Balaban J connectivity index is 1.68. The van der Waals surface area contributed by atoms with E-state index in [0.29, 0.717) is 36.7 Å². The maximum Gasteiger partial charge on any atom is 0.256 e. The van der Waals surface area contributed by atoms with Crippen LogP contribution < -0.4 is 0 Å². The van der Waals surface area contributed by atoms with E-state index in [1.165, 1.54) is 11.8 Å². The molecule has 6 heteroatoms. The van der Waals surface area contributed by atoms with Gasteiger partial charge in [-0.15, -0.1) is 0 Å². The average molecular weight is 343 g/mol. The summed E-state index contributed by atoms with van der Waals surface area (Å²) in [6.45, 7) is 3.06. The van der Waals surface area contributed by atoms with Crippen molar-refractivity contribution < 1.29 is 9.90 Å². The molecule has 1 amide bonds. The molecule has 1 N–H and O–H groups in total. The molecule has 126 valence electrons. The Hall–Kier alpha value is -1.92. The molecule has 1 aliphatic rings. The second-order valence-corrected chi connectivity index (χ2v) is 6.93. The van der Waals surface area contributed by atoms with E-state index in [1.807, 2.05) is 37.4 Å². The number of thioether (sulfide) groups is 1. The topological polar surface area (TPSA) is 66.3 Å². The molecule has 0 aliphatic carbocycles. The molecule has 1 fully saturated rings. The van der Waals surface area contributed by atoms with Crippen LogP contribution in [0.2, 0.25) is 0 Å². The summed E-state index contributed by atoms with van der Waals surface area (Å²) < 4.78 is 0. The van der Waals surface area contributed by atoms with Crippen molar-refractivity contribution in [2.24, 2.45) is 0 Å². The van der Waals surface area contributed by atoms with E-state index in [4.69, 9.17) is 0 Å². The number of aromatic nitrogens is 2. The van der Waals surface area contributed by atoms with Crippen LogP contribution in [0.15, 0.2) is 41.8 Å². The number of aryl methyl sites for hydroxylation is 1. The Kier molecular flexibility index (Phi) is 4.87. The first-order valence-corrected chi connectivity index (χ1v) is 9.19. The molecule has 24 heavy (non-hydrogen) atoms. The van der Waals surface area contributed by atoms with Gasteiger partial charge in [-0.25, -0.2) is 9.97 Å². The van der Waals surface area contributed by atoms with Crippen LogP contribution in [0.25, 0.3) is 0 Å². The predicted octanol–water partition coefficient (Wildman–Crippen LogP) is 2.63. The highest BCUT2D eigenvalue weighted by atomic mass is 32.2. The molecule has 0 bridgehead atoms. The smallest absolute Gasteiger partial charge is 0.256 e. The van der Waals surface area contributed by atoms with Crippen LogP contribution in [0.3, 0.4) is 0 Å². The van der Waals surface area contributed by atoms with E-state index >= 15 is 0 Å². The largest absolute Gasteiger partial charge is 0.385 e. The third-order valence-electron chi connectivity index (χ3n) is 4.49. The van der Waals surface area contributed by atoms with Crippen LogP contribution in [0.5, 0.6) is 0 Å². The lowest BCUT2D eigenvalue weighted by molar-refractivity contribution is -0.0212. The molecule has 1 aromatic carbocycles. The van der Waals surface area contributed by atoms with Gasteiger partial charge >= 0.3 is 0 Å². The third-order valence-corrected chi connectivity index (χ3v) is 5.07. The van der Waals surface area contributed by atoms with Gasteiger partial charge in [-0.3, -0.25) is 4.79 Å². The number of amides is 1. The van der Waals surface area contributed by atoms with Crippen molar-refractivity contribution in [1.82, 2.24) is 14.9 Å². The van der Waals surface area contributed by atoms with E-state index in [0.717, 1.165) is 11.1 Å². The molecular formula is C18H21N3O2S.